The van der Waals surface area contributed by atoms with Crippen LogP contribution in [0.25, 0.3) is 0 Å². The molecule has 28 heavy (non-hydrogen) atoms. The predicted octanol–water partition coefficient (Wildman–Crippen LogP) is 4.68. The Kier molecular flexibility index (Phi) is 5.42. The first-order chi connectivity index (χ1) is 13.1. The number of aromatic nitrogens is 1. The molecule has 0 spiro atoms. The average molecular weight is 405 g/mol. The Bertz CT molecular complexity index is 927. The molecule has 1 aromatic carbocycles. The number of amides is 1. The van der Waals surface area contributed by atoms with Gasteiger partial charge in [0.25, 0.3) is 0 Å². The predicted molar refractivity (Wildman–Crippen MR) is 106 cm³/mol. The van der Waals surface area contributed by atoms with Gasteiger partial charge < -0.3 is 15.0 Å². The van der Waals surface area contributed by atoms with Gasteiger partial charge in [-0.1, -0.05) is 17.7 Å². The quantitative estimate of drug-likeness (QED) is 0.453. The molecule has 2 aromatic rings. The van der Waals surface area contributed by atoms with E-state index < -0.39 is 10.5 Å². The maximum absolute atomic E-state index is 12.3. The number of hydrogen-bond donors (Lipinski definition) is 1. The Labute approximate surface area is 167 Å². The second-order valence-electron chi connectivity index (χ2n) is 7.54. The zero-order valence-corrected chi connectivity index (χ0v) is 16.6. The lowest BCUT2D eigenvalue weighted by atomic mass is 9.99. The summed E-state index contributed by atoms with van der Waals surface area (Å²) in [5.41, 5.74) is 2.29. The first-order valence-corrected chi connectivity index (χ1v) is 9.17. The fourth-order valence-corrected chi connectivity index (χ4v) is 3.10. The molecule has 1 aromatic heterocycles. The van der Waals surface area contributed by atoms with E-state index in [1.165, 1.54) is 6.07 Å². The third-order valence-electron chi connectivity index (χ3n) is 4.20. The number of ether oxygens (including phenoxy) is 1. The molecule has 0 bridgehead atoms. The van der Waals surface area contributed by atoms with Gasteiger partial charge in [-0.25, -0.2) is 9.78 Å². The lowest BCUT2D eigenvalue weighted by Crippen LogP contribution is -2.39. The number of pyridine rings is 1. The lowest BCUT2D eigenvalue weighted by molar-refractivity contribution is -0.384. The molecular formula is C19H21ClN4O4. The van der Waals surface area contributed by atoms with Crippen LogP contribution in [0, 0.1) is 10.1 Å². The maximum Gasteiger partial charge on any atom is 0.410 e. The molecule has 0 radical (unpaired) electrons. The van der Waals surface area contributed by atoms with Crippen molar-refractivity contribution in [1.82, 2.24) is 9.88 Å². The minimum Gasteiger partial charge on any atom is -0.444 e. The number of fused-ring (bicyclic) bond motifs is 1. The van der Waals surface area contributed by atoms with Crippen LogP contribution in [0.2, 0.25) is 5.15 Å². The Balaban J connectivity index is 1.81. The van der Waals surface area contributed by atoms with E-state index >= 15 is 0 Å². The van der Waals surface area contributed by atoms with E-state index in [1.54, 1.807) is 4.90 Å². The molecule has 0 saturated heterocycles. The van der Waals surface area contributed by atoms with Crippen LogP contribution >= 0.6 is 11.6 Å². The van der Waals surface area contributed by atoms with Crippen LogP contribution in [0.1, 0.15) is 31.9 Å². The van der Waals surface area contributed by atoms with Crippen molar-refractivity contribution >= 4 is 34.8 Å². The zero-order valence-electron chi connectivity index (χ0n) is 15.9. The molecule has 1 aliphatic rings. The van der Waals surface area contributed by atoms with Crippen LogP contribution in [0.5, 0.6) is 0 Å². The van der Waals surface area contributed by atoms with Gasteiger partial charge in [-0.05, 0) is 50.5 Å². The van der Waals surface area contributed by atoms with Crippen LogP contribution in [0.3, 0.4) is 0 Å². The van der Waals surface area contributed by atoms with Crippen LogP contribution in [0.4, 0.5) is 21.9 Å². The molecule has 1 N–H and O–H groups in total. The second-order valence-corrected chi connectivity index (χ2v) is 7.93. The number of halogens is 1. The number of nitro groups is 1. The van der Waals surface area contributed by atoms with Crippen molar-refractivity contribution in [2.24, 2.45) is 0 Å². The van der Waals surface area contributed by atoms with Gasteiger partial charge >= 0.3 is 11.8 Å². The van der Waals surface area contributed by atoms with E-state index in [9.17, 15) is 14.9 Å². The van der Waals surface area contributed by atoms with Crippen molar-refractivity contribution < 1.29 is 14.5 Å². The standard InChI is InChI=1S/C19H21ClN4O4/c1-19(2,3)28-18(25)23-7-6-12-4-5-14(8-13(12)11-23)22-15-9-17(20)21-10-16(15)24(26)27/h4-5,8-10H,6-7,11H2,1-3H3,(H,21,22). The van der Waals surface area contributed by atoms with E-state index in [4.69, 9.17) is 16.3 Å². The molecule has 148 valence electrons. The summed E-state index contributed by atoms with van der Waals surface area (Å²) in [5.74, 6) is 0. The van der Waals surface area contributed by atoms with Crippen molar-refractivity contribution in [3.05, 3.63) is 56.9 Å². The van der Waals surface area contributed by atoms with Crippen LogP contribution in [0.15, 0.2) is 30.5 Å². The third-order valence-corrected chi connectivity index (χ3v) is 4.40. The van der Waals surface area contributed by atoms with Crippen molar-refractivity contribution in [2.45, 2.75) is 39.3 Å². The molecule has 1 amide bonds. The number of carbonyl (C=O) groups is 1. The lowest BCUT2D eigenvalue weighted by Gasteiger charge is -2.31. The summed E-state index contributed by atoms with van der Waals surface area (Å²) in [4.78, 5) is 28.5. The second kappa shape index (κ2) is 7.63. The normalized spacial score (nSPS) is 13.6. The molecule has 0 saturated carbocycles. The van der Waals surface area contributed by atoms with E-state index in [0.717, 1.165) is 23.7 Å². The van der Waals surface area contributed by atoms with Crippen LogP contribution in [-0.2, 0) is 17.7 Å². The van der Waals surface area contributed by atoms with E-state index in [1.807, 2.05) is 39.0 Å². The van der Waals surface area contributed by atoms with Gasteiger partial charge in [0.1, 0.15) is 22.6 Å². The first-order valence-electron chi connectivity index (χ1n) is 8.79. The third kappa shape index (κ3) is 4.69. The number of anilines is 2. The summed E-state index contributed by atoms with van der Waals surface area (Å²) >= 11 is 5.88. The van der Waals surface area contributed by atoms with Crippen LogP contribution in [-0.4, -0.2) is 33.0 Å². The summed E-state index contributed by atoms with van der Waals surface area (Å²) in [6.45, 7) is 6.49. The van der Waals surface area contributed by atoms with Gasteiger partial charge in [-0.3, -0.25) is 10.1 Å². The highest BCUT2D eigenvalue weighted by Crippen LogP contribution is 2.31. The van der Waals surface area contributed by atoms with E-state index in [-0.39, 0.29) is 22.6 Å². The molecule has 2 heterocycles. The number of nitrogens with one attached hydrogen (secondary N) is 1. The summed E-state index contributed by atoms with van der Waals surface area (Å²) < 4.78 is 5.45. The van der Waals surface area contributed by atoms with Crippen molar-refractivity contribution in [2.75, 3.05) is 11.9 Å². The van der Waals surface area contributed by atoms with E-state index in [2.05, 4.69) is 10.3 Å². The van der Waals surface area contributed by atoms with Crippen molar-refractivity contribution in [3.63, 3.8) is 0 Å². The van der Waals surface area contributed by atoms with Gasteiger partial charge in [0.05, 0.1) is 4.92 Å². The summed E-state index contributed by atoms with van der Waals surface area (Å²) in [5, 5.41) is 14.4. The molecule has 9 heteroatoms. The van der Waals surface area contributed by atoms with Gasteiger partial charge in [0, 0.05) is 24.8 Å². The molecule has 0 unspecified atom stereocenters. The van der Waals surface area contributed by atoms with Gasteiger partial charge in [0.15, 0.2) is 0 Å². The Morgan fingerprint density at radius 1 is 1.32 bits per heavy atom. The molecule has 8 nitrogen and oxygen atoms in total. The number of nitrogens with zero attached hydrogens (tertiary/aromatic N) is 3. The van der Waals surface area contributed by atoms with Gasteiger partial charge in [-0.15, -0.1) is 0 Å². The maximum atomic E-state index is 12.3. The molecular weight excluding hydrogens is 384 g/mol. The smallest absolute Gasteiger partial charge is 0.410 e. The number of carbonyl (C=O) groups excluding carboxylic acids is 1. The Morgan fingerprint density at radius 3 is 2.75 bits per heavy atom. The molecule has 0 aliphatic carbocycles. The monoisotopic (exact) mass is 404 g/mol. The molecule has 1 aliphatic heterocycles. The summed E-state index contributed by atoms with van der Waals surface area (Å²) in [7, 11) is 0. The SMILES string of the molecule is CC(C)(C)OC(=O)N1CCc2ccc(Nc3cc(Cl)ncc3[N+](=O)[O-])cc2C1. The highest BCUT2D eigenvalue weighted by atomic mass is 35.5. The minimum absolute atomic E-state index is 0.155. The summed E-state index contributed by atoms with van der Waals surface area (Å²) in [6.07, 6.45) is 1.48. The summed E-state index contributed by atoms with van der Waals surface area (Å²) in [6, 6.07) is 7.09. The van der Waals surface area contributed by atoms with Crippen molar-refractivity contribution in [1.29, 1.82) is 0 Å². The number of hydrogen-bond acceptors (Lipinski definition) is 6. The highest BCUT2D eigenvalue weighted by molar-refractivity contribution is 6.29. The van der Waals surface area contributed by atoms with Gasteiger partial charge in [0.2, 0.25) is 0 Å². The largest absolute Gasteiger partial charge is 0.444 e. The fraction of sp³-hybridized carbons (Fsp3) is 0.368. The Hall–Kier alpha value is -2.87. The number of benzene rings is 1. The molecule has 0 fully saturated rings. The number of rotatable bonds is 3. The fourth-order valence-electron chi connectivity index (χ4n) is 2.94. The zero-order chi connectivity index (χ0) is 20.5. The molecule has 3 rings (SSSR count). The molecule has 0 atom stereocenters. The van der Waals surface area contributed by atoms with Crippen LogP contribution < -0.4 is 5.32 Å². The Morgan fingerprint density at radius 2 is 2.07 bits per heavy atom. The minimum atomic E-state index is -0.555. The highest BCUT2D eigenvalue weighted by Gasteiger charge is 2.26. The van der Waals surface area contributed by atoms with Crippen molar-refractivity contribution in [3.8, 4) is 0 Å². The topological polar surface area (TPSA) is 97.6 Å². The van der Waals surface area contributed by atoms with Gasteiger partial charge in [-0.2, -0.15) is 0 Å². The average Bonchev–Trinajstić information content (AvgIpc) is 2.59. The first kappa shape index (κ1) is 19.9. The van der Waals surface area contributed by atoms with E-state index in [0.29, 0.717) is 18.8 Å².